The molecule has 0 bridgehead atoms. The van der Waals surface area contributed by atoms with Crippen LogP contribution in [-0.4, -0.2) is 39.1 Å². The third kappa shape index (κ3) is 3.90. The van der Waals surface area contributed by atoms with Gasteiger partial charge in [0.2, 0.25) is 0 Å². The number of imidazole rings is 1. The second-order valence-corrected chi connectivity index (χ2v) is 4.69. The number of aryl methyl sites for hydroxylation is 1. The van der Waals surface area contributed by atoms with Crippen molar-refractivity contribution in [2.24, 2.45) is 5.73 Å². The Morgan fingerprint density at radius 1 is 1.69 bits per heavy atom. The first-order chi connectivity index (χ1) is 7.50. The first kappa shape index (κ1) is 13.1. The molecule has 0 fully saturated rings. The van der Waals surface area contributed by atoms with Crippen LogP contribution in [-0.2, 0) is 6.54 Å². The molecule has 1 aromatic rings. The van der Waals surface area contributed by atoms with Crippen LogP contribution in [0.15, 0.2) is 12.4 Å². The van der Waals surface area contributed by atoms with Crippen LogP contribution in [0.5, 0.6) is 0 Å². The quantitative estimate of drug-likeness (QED) is 0.759. The molecule has 16 heavy (non-hydrogen) atoms. The Balaban J connectivity index is 2.37. The molecule has 0 aromatic carbocycles. The van der Waals surface area contributed by atoms with Gasteiger partial charge in [-0.3, -0.25) is 0 Å². The molecule has 0 aliphatic heterocycles. The molecule has 0 aliphatic rings. The van der Waals surface area contributed by atoms with Gasteiger partial charge < -0.3 is 15.2 Å². The topological polar surface area (TPSA) is 47.1 Å². The highest BCUT2D eigenvalue weighted by molar-refractivity contribution is 7.80. The summed E-state index contributed by atoms with van der Waals surface area (Å²) in [5.41, 5.74) is 5.54. The molecule has 4 nitrogen and oxygen atoms in total. The smallest absolute Gasteiger partial charge is 0.105 e. The van der Waals surface area contributed by atoms with Gasteiger partial charge in [-0.15, -0.1) is 0 Å². The molecule has 2 N–H and O–H groups in total. The summed E-state index contributed by atoms with van der Waals surface area (Å²) in [6.07, 6.45) is 4.60. The van der Waals surface area contributed by atoms with E-state index in [2.05, 4.69) is 28.4 Å². The molecule has 1 aromatic heterocycles. The van der Waals surface area contributed by atoms with E-state index in [-0.39, 0.29) is 0 Å². The van der Waals surface area contributed by atoms with Crippen LogP contribution >= 0.6 is 12.2 Å². The van der Waals surface area contributed by atoms with E-state index in [1.165, 1.54) is 0 Å². The largest absolute Gasteiger partial charge is 0.393 e. The van der Waals surface area contributed by atoms with E-state index in [1.807, 2.05) is 19.3 Å². The molecule has 0 radical (unpaired) electrons. The lowest BCUT2D eigenvalue weighted by Crippen LogP contribution is -2.34. The van der Waals surface area contributed by atoms with Gasteiger partial charge in [0.1, 0.15) is 5.82 Å². The lowest BCUT2D eigenvalue weighted by molar-refractivity contribution is 0.252. The highest BCUT2D eigenvalue weighted by atomic mass is 32.1. The van der Waals surface area contributed by atoms with Gasteiger partial charge >= 0.3 is 0 Å². The zero-order chi connectivity index (χ0) is 12.1. The Kier molecular flexibility index (Phi) is 4.89. The molecule has 1 rings (SSSR count). The monoisotopic (exact) mass is 240 g/mol. The van der Waals surface area contributed by atoms with Crippen LogP contribution < -0.4 is 5.73 Å². The van der Waals surface area contributed by atoms with Gasteiger partial charge in [0.15, 0.2) is 0 Å². The molecule has 1 heterocycles. The molecule has 0 saturated carbocycles. The van der Waals surface area contributed by atoms with Crippen molar-refractivity contribution in [2.75, 3.05) is 13.6 Å². The third-order valence-electron chi connectivity index (χ3n) is 2.87. The number of rotatable bonds is 6. The summed E-state index contributed by atoms with van der Waals surface area (Å²) in [7, 11) is 2.09. The highest BCUT2D eigenvalue weighted by Gasteiger charge is 2.10. The molecular formula is C11H20N4S. The minimum Gasteiger partial charge on any atom is -0.393 e. The second-order valence-electron chi connectivity index (χ2n) is 4.17. The molecule has 1 unspecified atom stereocenters. The summed E-state index contributed by atoms with van der Waals surface area (Å²) in [4.78, 5) is 7.04. The number of thiocarbonyl (C=S) groups is 1. The number of likely N-dealkylation sites (N-methyl/N-ethyl adjacent to an activating group) is 1. The Labute approximate surface area is 102 Å². The number of hydrogen-bond donors (Lipinski definition) is 1. The van der Waals surface area contributed by atoms with Gasteiger partial charge in [-0.1, -0.05) is 12.2 Å². The molecule has 1 atom stereocenters. The van der Waals surface area contributed by atoms with Crippen molar-refractivity contribution in [3.05, 3.63) is 18.2 Å². The normalized spacial score (nSPS) is 13.0. The lowest BCUT2D eigenvalue weighted by atomic mass is 10.2. The summed E-state index contributed by atoms with van der Waals surface area (Å²) >= 11 is 4.91. The summed E-state index contributed by atoms with van der Waals surface area (Å²) in [5, 5.41) is 0. The van der Waals surface area contributed by atoms with Gasteiger partial charge in [0, 0.05) is 37.9 Å². The van der Waals surface area contributed by atoms with E-state index in [1.54, 1.807) is 0 Å². The van der Waals surface area contributed by atoms with E-state index in [0.29, 0.717) is 11.0 Å². The van der Waals surface area contributed by atoms with Gasteiger partial charge in [0.05, 0.1) is 4.99 Å². The van der Waals surface area contributed by atoms with E-state index in [0.717, 1.165) is 25.3 Å². The summed E-state index contributed by atoms with van der Waals surface area (Å²) in [5.74, 6) is 1.05. The Morgan fingerprint density at radius 3 is 2.88 bits per heavy atom. The maximum atomic E-state index is 5.54. The van der Waals surface area contributed by atoms with Crippen molar-refractivity contribution in [2.45, 2.75) is 32.9 Å². The average molecular weight is 240 g/mol. The Hall–Kier alpha value is -0.940. The van der Waals surface area contributed by atoms with Crippen molar-refractivity contribution in [3.63, 3.8) is 0 Å². The van der Waals surface area contributed by atoms with E-state index in [9.17, 15) is 0 Å². The molecule has 0 aliphatic carbocycles. The van der Waals surface area contributed by atoms with Crippen molar-refractivity contribution in [1.29, 1.82) is 0 Å². The predicted molar refractivity (Wildman–Crippen MR) is 70.5 cm³/mol. The molecule has 5 heteroatoms. The predicted octanol–water partition coefficient (Wildman–Crippen LogP) is 1.19. The van der Waals surface area contributed by atoms with Crippen LogP contribution in [0.3, 0.4) is 0 Å². The van der Waals surface area contributed by atoms with Gasteiger partial charge in [-0.25, -0.2) is 4.98 Å². The average Bonchev–Trinajstić information content (AvgIpc) is 2.59. The third-order valence-corrected chi connectivity index (χ3v) is 3.03. The molecule has 0 amide bonds. The molecule has 0 spiro atoms. The van der Waals surface area contributed by atoms with Gasteiger partial charge in [-0.2, -0.15) is 0 Å². The Morgan fingerprint density at radius 2 is 2.38 bits per heavy atom. The maximum Gasteiger partial charge on any atom is 0.105 e. The maximum absolute atomic E-state index is 5.54. The fourth-order valence-electron chi connectivity index (χ4n) is 1.57. The lowest BCUT2D eigenvalue weighted by Gasteiger charge is -2.24. The number of aromatic nitrogens is 2. The van der Waals surface area contributed by atoms with Crippen LogP contribution in [0.25, 0.3) is 0 Å². The zero-order valence-electron chi connectivity index (χ0n) is 10.2. The summed E-state index contributed by atoms with van der Waals surface area (Å²) in [6.45, 7) is 6.07. The van der Waals surface area contributed by atoms with Crippen LogP contribution in [0.2, 0.25) is 0 Å². The number of nitrogens with zero attached hydrogens (tertiary/aromatic N) is 3. The molecule has 90 valence electrons. The molecular weight excluding hydrogens is 220 g/mol. The summed E-state index contributed by atoms with van der Waals surface area (Å²) in [6, 6.07) is 0.390. The minimum atomic E-state index is 0.390. The van der Waals surface area contributed by atoms with E-state index < -0.39 is 0 Å². The van der Waals surface area contributed by atoms with Crippen LogP contribution in [0, 0.1) is 6.92 Å². The van der Waals surface area contributed by atoms with Gasteiger partial charge in [-0.05, 0) is 20.9 Å². The molecule has 0 saturated heterocycles. The first-order valence-corrected chi connectivity index (χ1v) is 5.88. The highest BCUT2D eigenvalue weighted by Crippen LogP contribution is 2.02. The van der Waals surface area contributed by atoms with Crippen LogP contribution in [0.4, 0.5) is 0 Å². The van der Waals surface area contributed by atoms with Crippen molar-refractivity contribution in [1.82, 2.24) is 14.5 Å². The fourth-order valence-corrected chi connectivity index (χ4v) is 1.81. The minimum absolute atomic E-state index is 0.390. The standard InChI is InChI=1S/C11H20N4S/c1-9(8-11(12)16)14(3)6-7-15-5-4-13-10(15)2/h4-5,9H,6-8H2,1-3H3,(H2,12,16). The SMILES string of the molecule is Cc1nccn1CCN(C)C(C)CC(N)=S. The number of hydrogen-bond acceptors (Lipinski definition) is 3. The van der Waals surface area contributed by atoms with Crippen molar-refractivity contribution in [3.8, 4) is 0 Å². The van der Waals surface area contributed by atoms with Crippen molar-refractivity contribution >= 4 is 17.2 Å². The zero-order valence-corrected chi connectivity index (χ0v) is 11.0. The first-order valence-electron chi connectivity index (χ1n) is 5.47. The fraction of sp³-hybridized carbons (Fsp3) is 0.636. The second kappa shape index (κ2) is 5.96. The van der Waals surface area contributed by atoms with Gasteiger partial charge in [0.25, 0.3) is 0 Å². The van der Waals surface area contributed by atoms with E-state index in [4.69, 9.17) is 18.0 Å². The number of nitrogens with two attached hydrogens (primary N) is 1. The van der Waals surface area contributed by atoms with E-state index >= 15 is 0 Å². The van der Waals surface area contributed by atoms with Crippen LogP contribution in [0.1, 0.15) is 19.2 Å². The Bertz CT molecular complexity index is 348. The summed E-state index contributed by atoms with van der Waals surface area (Å²) < 4.78 is 2.14. The van der Waals surface area contributed by atoms with Crippen molar-refractivity contribution < 1.29 is 0 Å².